The molecule has 4 nitrogen and oxygen atoms in total. The molecule has 0 saturated carbocycles. The molecule has 0 amide bonds. The Morgan fingerprint density at radius 1 is 1.55 bits per heavy atom. The Bertz CT molecular complexity index is 365. The molecule has 0 aliphatic heterocycles. The van der Waals surface area contributed by atoms with Gasteiger partial charge in [-0.25, -0.2) is 13.6 Å². The molecule has 11 heavy (non-hydrogen) atoms. The van der Waals surface area contributed by atoms with Gasteiger partial charge < -0.3 is 0 Å². The van der Waals surface area contributed by atoms with E-state index in [2.05, 4.69) is 0 Å². The van der Waals surface area contributed by atoms with E-state index in [1.54, 1.807) is 0 Å². The number of carbonyl (C=O) groups is 1. The monoisotopic (exact) mass is 191 g/mol. The zero-order valence-electron chi connectivity index (χ0n) is 5.35. The van der Waals surface area contributed by atoms with Crippen LogP contribution in [0.1, 0.15) is 10.4 Å². The molecule has 0 atom stereocenters. The summed E-state index contributed by atoms with van der Waals surface area (Å²) >= 11 is 0.937. The van der Waals surface area contributed by atoms with Crippen LogP contribution < -0.4 is 5.14 Å². The van der Waals surface area contributed by atoms with E-state index in [1.807, 2.05) is 0 Å². The van der Waals surface area contributed by atoms with Gasteiger partial charge in [0.05, 0.1) is 0 Å². The standard InChI is InChI=1S/C5H5NO3S2/c6-11(8,9)5-1-4(2-7)3-10-5/h1-3H,(H2,6,8,9). The van der Waals surface area contributed by atoms with Crippen molar-refractivity contribution in [3.05, 3.63) is 17.0 Å². The lowest BCUT2D eigenvalue weighted by Crippen LogP contribution is -2.09. The first-order chi connectivity index (χ1) is 5.04. The number of hydrogen-bond acceptors (Lipinski definition) is 4. The van der Waals surface area contributed by atoms with Gasteiger partial charge in [-0.1, -0.05) is 0 Å². The normalized spacial score (nSPS) is 11.4. The third-order valence-electron chi connectivity index (χ3n) is 1.01. The number of aldehydes is 1. The first-order valence-corrected chi connectivity index (χ1v) is 5.03. The summed E-state index contributed by atoms with van der Waals surface area (Å²) < 4.78 is 21.3. The Kier molecular flexibility index (Phi) is 2.08. The lowest BCUT2D eigenvalue weighted by Gasteiger charge is -1.86. The van der Waals surface area contributed by atoms with E-state index in [0.29, 0.717) is 11.8 Å². The second-order valence-electron chi connectivity index (χ2n) is 1.86. The highest BCUT2D eigenvalue weighted by atomic mass is 32.2. The molecule has 1 aromatic rings. The molecule has 6 heteroatoms. The molecule has 1 rings (SSSR count). The fourth-order valence-corrected chi connectivity index (χ4v) is 2.10. The van der Waals surface area contributed by atoms with Crippen LogP contribution in [0.2, 0.25) is 0 Å². The van der Waals surface area contributed by atoms with Crippen LogP contribution in [0.15, 0.2) is 15.7 Å². The molecule has 1 heterocycles. The van der Waals surface area contributed by atoms with E-state index < -0.39 is 10.0 Å². The predicted octanol–water partition coefficient (Wildman–Crippen LogP) is 0.208. The molecular weight excluding hydrogens is 186 g/mol. The van der Waals surface area contributed by atoms with Gasteiger partial charge in [-0.05, 0) is 6.07 Å². The van der Waals surface area contributed by atoms with Crippen LogP contribution in [0.4, 0.5) is 0 Å². The van der Waals surface area contributed by atoms with Gasteiger partial charge >= 0.3 is 0 Å². The van der Waals surface area contributed by atoms with Crippen LogP contribution in [0.25, 0.3) is 0 Å². The molecule has 1 aromatic heterocycles. The van der Waals surface area contributed by atoms with Crippen molar-refractivity contribution in [2.24, 2.45) is 5.14 Å². The first-order valence-electron chi connectivity index (χ1n) is 2.60. The van der Waals surface area contributed by atoms with Gasteiger partial charge in [0.1, 0.15) is 4.21 Å². The van der Waals surface area contributed by atoms with E-state index in [1.165, 1.54) is 11.4 Å². The average molecular weight is 191 g/mol. The first kappa shape index (κ1) is 8.38. The summed E-state index contributed by atoms with van der Waals surface area (Å²) in [5.41, 5.74) is 0.332. The Hall–Kier alpha value is -0.720. The van der Waals surface area contributed by atoms with Crippen molar-refractivity contribution >= 4 is 27.6 Å². The van der Waals surface area contributed by atoms with Crippen molar-refractivity contribution in [1.82, 2.24) is 0 Å². The molecular formula is C5H5NO3S2. The highest BCUT2D eigenvalue weighted by Gasteiger charge is 2.09. The highest BCUT2D eigenvalue weighted by molar-refractivity contribution is 7.91. The van der Waals surface area contributed by atoms with E-state index >= 15 is 0 Å². The minimum absolute atomic E-state index is 0.0135. The number of thiophene rings is 1. The maximum atomic E-state index is 10.6. The molecule has 0 aliphatic rings. The fraction of sp³-hybridized carbons (Fsp3) is 0. The Morgan fingerprint density at radius 3 is 2.45 bits per heavy atom. The van der Waals surface area contributed by atoms with E-state index in [9.17, 15) is 13.2 Å². The predicted molar refractivity (Wildman–Crippen MR) is 41.1 cm³/mol. The Labute approximate surface area is 67.7 Å². The van der Waals surface area contributed by atoms with Crippen molar-refractivity contribution in [3.63, 3.8) is 0 Å². The van der Waals surface area contributed by atoms with Gasteiger partial charge in [0, 0.05) is 10.9 Å². The third-order valence-corrected chi connectivity index (χ3v) is 3.42. The summed E-state index contributed by atoms with van der Waals surface area (Å²) in [6, 6.07) is 1.24. The molecule has 0 saturated heterocycles. The summed E-state index contributed by atoms with van der Waals surface area (Å²) in [5, 5.41) is 6.23. The SMILES string of the molecule is NS(=O)(=O)c1cc(C=O)cs1. The van der Waals surface area contributed by atoms with Gasteiger partial charge in [0.15, 0.2) is 6.29 Å². The molecule has 0 unspecified atom stereocenters. The molecule has 60 valence electrons. The largest absolute Gasteiger partial charge is 0.298 e. The summed E-state index contributed by atoms with van der Waals surface area (Å²) in [5.74, 6) is 0. The maximum Gasteiger partial charge on any atom is 0.247 e. The lowest BCUT2D eigenvalue weighted by atomic mass is 10.4. The zero-order valence-corrected chi connectivity index (χ0v) is 6.98. The van der Waals surface area contributed by atoms with Crippen LogP contribution in [0.3, 0.4) is 0 Å². The molecule has 0 spiro atoms. The van der Waals surface area contributed by atoms with Gasteiger partial charge in [0.25, 0.3) is 0 Å². The number of primary sulfonamides is 1. The topological polar surface area (TPSA) is 77.2 Å². The Morgan fingerprint density at radius 2 is 2.18 bits per heavy atom. The molecule has 0 fully saturated rings. The van der Waals surface area contributed by atoms with Crippen molar-refractivity contribution in [1.29, 1.82) is 0 Å². The van der Waals surface area contributed by atoms with Gasteiger partial charge in [-0.15, -0.1) is 11.3 Å². The van der Waals surface area contributed by atoms with Crippen LogP contribution >= 0.6 is 11.3 Å². The summed E-state index contributed by atoms with van der Waals surface area (Å²) in [7, 11) is -3.63. The van der Waals surface area contributed by atoms with Crippen LogP contribution in [-0.4, -0.2) is 14.7 Å². The number of carbonyl (C=O) groups excluding carboxylic acids is 1. The Balaban J connectivity index is 3.18. The number of hydrogen-bond donors (Lipinski definition) is 1. The lowest BCUT2D eigenvalue weighted by molar-refractivity contribution is 0.112. The van der Waals surface area contributed by atoms with Crippen molar-refractivity contribution in [3.8, 4) is 0 Å². The van der Waals surface area contributed by atoms with Gasteiger partial charge in [0.2, 0.25) is 10.0 Å². The summed E-state index contributed by atoms with van der Waals surface area (Å²) in [6.45, 7) is 0. The van der Waals surface area contributed by atoms with E-state index in [4.69, 9.17) is 5.14 Å². The maximum absolute atomic E-state index is 10.6. The summed E-state index contributed by atoms with van der Waals surface area (Å²) in [4.78, 5) is 10.1. The van der Waals surface area contributed by atoms with Crippen LogP contribution in [0, 0.1) is 0 Å². The zero-order chi connectivity index (χ0) is 8.48. The van der Waals surface area contributed by atoms with Crippen molar-refractivity contribution in [2.75, 3.05) is 0 Å². The minimum Gasteiger partial charge on any atom is -0.298 e. The van der Waals surface area contributed by atoms with Crippen molar-refractivity contribution < 1.29 is 13.2 Å². The van der Waals surface area contributed by atoms with Gasteiger partial charge in [-0.3, -0.25) is 4.79 Å². The van der Waals surface area contributed by atoms with Crippen LogP contribution in [-0.2, 0) is 10.0 Å². The quantitative estimate of drug-likeness (QED) is 0.679. The number of nitrogens with two attached hydrogens (primary N) is 1. The minimum atomic E-state index is -3.63. The number of rotatable bonds is 2. The summed E-state index contributed by atoms with van der Waals surface area (Å²) in [6.07, 6.45) is 0.575. The smallest absolute Gasteiger partial charge is 0.247 e. The average Bonchev–Trinajstić information content (AvgIpc) is 2.32. The van der Waals surface area contributed by atoms with E-state index in [-0.39, 0.29) is 4.21 Å². The molecule has 0 bridgehead atoms. The fourth-order valence-electron chi connectivity index (χ4n) is 0.541. The van der Waals surface area contributed by atoms with E-state index in [0.717, 1.165) is 11.3 Å². The highest BCUT2D eigenvalue weighted by Crippen LogP contribution is 2.16. The van der Waals surface area contributed by atoms with Gasteiger partial charge in [-0.2, -0.15) is 0 Å². The molecule has 0 aliphatic carbocycles. The van der Waals surface area contributed by atoms with Crippen LogP contribution in [0.5, 0.6) is 0 Å². The third kappa shape index (κ3) is 1.86. The second kappa shape index (κ2) is 2.72. The second-order valence-corrected chi connectivity index (χ2v) is 4.56. The molecule has 2 N–H and O–H groups in total. The molecule has 0 aromatic carbocycles. The van der Waals surface area contributed by atoms with Crippen molar-refractivity contribution in [2.45, 2.75) is 4.21 Å². The molecule has 0 radical (unpaired) electrons. The number of sulfonamides is 1.